The summed E-state index contributed by atoms with van der Waals surface area (Å²) in [6.45, 7) is 2.17. The van der Waals surface area contributed by atoms with Crippen LogP contribution in [0.5, 0.6) is 0 Å². The number of nitrogens with one attached hydrogen (secondary N) is 1. The van der Waals surface area contributed by atoms with E-state index in [0.717, 1.165) is 38.3 Å². The van der Waals surface area contributed by atoms with Gasteiger partial charge in [-0.15, -0.1) is 0 Å². The molecular weight excluding hydrogens is 372 g/mol. The average molecular weight is 391 g/mol. The first-order valence-corrected chi connectivity index (χ1v) is 9.57. The predicted octanol–water partition coefficient (Wildman–Crippen LogP) is 6.12. The zero-order valence-electron chi connectivity index (χ0n) is 13.1. The highest BCUT2D eigenvalue weighted by Crippen LogP contribution is 2.36. The van der Waals surface area contributed by atoms with Gasteiger partial charge >= 0.3 is 0 Å². The predicted molar refractivity (Wildman–Crippen MR) is 102 cm³/mol. The summed E-state index contributed by atoms with van der Waals surface area (Å²) in [7, 11) is 0. The number of thiazole rings is 1. The van der Waals surface area contributed by atoms with Crippen molar-refractivity contribution in [3.63, 3.8) is 0 Å². The number of benzene rings is 2. The molecule has 0 saturated heterocycles. The molecule has 3 rings (SSSR count). The fourth-order valence-corrected chi connectivity index (χ4v) is 4.33. The van der Waals surface area contributed by atoms with Crippen molar-refractivity contribution >= 4 is 59.3 Å². The zero-order chi connectivity index (χ0) is 16.2. The van der Waals surface area contributed by atoms with E-state index in [4.69, 9.17) is 0 Å². The molecule has 1 aromatic heterocycles. The first kappa shape index (κ1) is 16.4. The Morgan fingerprint density at radius 3 is 2.78 bits per heavy atom. The Balaban J connectivity index is 1.80. The van der Waals surface area contributed by atoms with Gasteiger partial charge in [-0.2, -0.15) is 0 Å². The lowest BCUT2D eigenvalue weighted by atomic mass is 10.1. The van der Waals surface area contributed by atoms with Crippen LogP contribution in [0, 0.1) is 0 Å². The number of unbranched alkanes of at least 4 members (excludes halogenated alkanes) is 3. The molecular formula is C18H19BrN2OS. The Labute approximate surface area is 148 Å². The van der Waals surface area contributed by atoms with Crippen molar-refractivity contribution in [2.45, 2.75) is 39.0 Å². The van der Waals surface area contributed by atoms with Gasteiger partial charge in [-0.05, 0) is 17.9 Å². The number of carbonyl (C=O) groups is 1. The van der Waals surface area contributed by atoms with Crippen LogP contribution in [-0.4, -0.2) is 10.9 Å². The lowest BCUT2D eigenvalue weighted by molar-refractivity contribution is -0.116. The summed E-state index contributed by atoms with van der Waals surface area (Å²) in [4.78, 5) is 16.7. The Morgan fingerprint density at radius 2 is 2.00 bits per heavy atom. The quantitative estimate of drug-likeness (QED) is 0.514. The third kappa shape index (κ3) is 3.72. The van der Waals surface area contributed by atoms with Gasteiger partial charge in [-0.3, -0.25) is 4.79 Å². The molecule has 0 saturated carbocycles. The summed E-state index contributed by atoms with van der Waals surface area (Å²) < 4.78 is 2.14. The largest absolute Gasteiger partial charge is 0.302 e. The smallest absolute Gasteiger partial charge is 0.226 e. The number of fused-ring (bicyclic) bond motifs is 3. The molecule has 0 fully saturated rings. The van der Waals surface area contributed by atoms with E-state index in [1.165, 1.54) is 24.2 Å². The molecule has 0 aliphatic rings. The van der Waals surface area contributed by atoms with E-state index >= 15 is 0 Å². The van der Waals surface area contributed by atoms with Crippen LogP contribution in [0.1, 0.15) is 39.0 Å². The van der Waals surface area contributed by atoms with Gasteiger partial charge in [0.05, 0.1) is 10.2 Å². The molecule has 0 atom stereocenters. The monoisotopic (exact) mass is 390 g/mol. The highest BCUT2D eigenvalue weighted by molar-refractivity contribution is 9.10. The van der Waals surface area contributed by atoms with Crippen LogP contribution in [0.25, 0.3) is 21.0 Å². The van der Waals surface area contributed by atoms with Gasteiger partial charge < -0.3 is 5.32 Å². The van der Waals surface area contributed by atoms with Crippen LogP contribution in [0.2, 0.25) is 0 Å². The molecule has 5 heteroatoms. The second-order valence-electron chi connectivity index (χ2n) is 5.63. The molecule has 0 aliphatic heterocycles. The van der Waals surface area contributed by atoms with Crippen molar-refractivity contribution < 1.29 is 4.79 Å². The number of anilines is 1. The molecule has 1 N–H and O–H groups in total. The number of nitrogens with zero attached hydrogens (tertiary/aromatic N) is 1. The molecule has 120 valence electrons. The van der Waals surface area contributed by atoms with Gasteiger partial charge in [-0.1, -0.05) is 77.7 Å². The number of aromatic nitrogens is 1. The number of hydrogen-bond donors (Lipinski definition) is 1. The fraction of sp³-hybridized carbons (Fsp3) is 0.333. The summed E-state index contributed by atoms with van der Waals surface area (Å²) >= 11 is 5.14. The Hall–Kier alpha value is -1.46. The van der Waals surface area contributed by atoms with Crippen molar-refractivity contribution in [1.29, 1.82) is 0 Å². The highest BCUT2D eigenvalue weighted by atomic mass is 79.9. The van der Waals surface area contributed by atoms with Gasteiger partial charge in [0.15, 0.2) is 5.13 Å². The lowest BCUT2D eigenvalue weighted by Crippen LogP contribution is -2.10. The molecule has 3 aromatic rings. The zero-order valence-corrected chi connectivity index (χ0v) is 15.5. The van der Waals surface area contributed by atoms with E-state index in [1.54, 1.807) is 0 Å². The molecule has 23 heavy (non-hydrogen) atoms. The van der Waals surface area contributed by atoms with Crippen molar-refractivity contribution in [3.8, 4) is 0 Å². The second-order valence-corrected chi connectivity index (χ2v) is 7.51. The summed E-state index contributed by atoms with van der Waals surface area (Å²) in [5.74, 6) is 0.0588. The number of rotatable bonds is 6. The number of hydrogen-bond acceptors (Lipinski definition) is 3. The summed E-state index contributed by atoms with van der Waals surface area (Å²) in [6.07, 6.45) is 5.00. The average Bonchev–Trinajstić information content (AvgIpc) is 2.94. The van der Waals surface area contributed by atoms with E-state index in [0.29, 0.717) is 11.6 Å². The van der Waals surface area contributed by atoms with Crippen LogP contribution in [0.4, 0.5) is 5.13 Å². The maximum Gasteiger partial charge on any atom is 0.226 e. The van der Waals surface area contributed by atoms with Crippen molar-refractivity contribution in [2.24, 2.45) is 0 Å². The molecule has 0 aliphatic carbocycles. The normalized spacial score (nSPS) is 11.2. The number of carbonyl (C=O) groups excluding carboxylic acids is 1. The minimum Gasteiger partial charge on any atom is -0.302 e. The maximum atomic E-state index is 12.0. The van der Waals surface area contributed by atoms with Crippen LogP contribution in [0.15, 0.2) is 34.8 Å². The van der Waals surface area contributed by atoms with Crippen molar-refractivity contribution in [3.05, 3.63) is 34.8 Å². The highest BCUT2D eigenvalue weighted by Gasteiger charge is 2.12. The molecule has 1 heterocycles. The van der Waals surface area contributed by atoms with Gasteiger partial charge in [0.2, 0.25) is 5.91 Å². The standard InChI is InChI=1S/C18H19BrN2OS/c1-2-3-4-5-10-16(22)20-18-21-17-13-9-7-6-8-12(13)14(19)11-15(17)23-18/h6-9,11H,2-5,10H2,1H3,(H,20,21,22). The van der Waals surface area contributed by atoms with E-state index in [9.17, 15) is 4.79 Å². The molecule has 2 aromatic carbocycles. The molecule has 1 amide bonds. The van der Waals surface area contributed by atoms with Crippen LogP contribution >= 0.6 is 27.3 Å². The Bertz CT molecular complexity index is 844. The molecule has 0 bridgehead atoms. The number of halogens is 1. The Kier molecular flexibility index (Phi) is 5.28. The van der Waals surface area contributed by atoms with E-state index in [-0.39, 0.29) is 5.91 Å². The maximum absolute atomic E-state index is 12.0. The van der Waals surface area contributed by atoms with Gasteiger partial charge in [0, 0.05) is 16.3 Å². The SMILES string of the molecule is CCCCCCC(=O)Nc1nc2c(cc(Br)c3ccccc32)s1. The molecule has 0 unspecified atom stereocenters. The summed E-state index contributed by atoms with van der Waals surface area (Å²) in [6, 6.07) is 10.2. The fourth-order valence-electron chi connectivity index (χ4n) is 2.66. The van der Waals surface area contributed by atoms with Crippen molar-refractivity contribution in [1.82, 2.24) is 4.98 Å². The van der Waals surface area contributed by atoms with Crippen molar-refractivity contribution in [2.75, 3.05) is 5.32 Å². The van der Waals surface area contributed by atoms with E-state index < -0.39 is 0 Å². The lowest BCUT2D eigenvalue weighted by Gasteiger charge is -2.01. The summed E-state index contributed by atoms with van der Waals surface area (Å²) in [5.41, 5.74) is 0.954. The van der Waals surface area contributed by atoms with E-state index in [1.807, 2.05) is 12.1 Å². The third-order valence-electron chi connectivity index (χ3n) is 3.85. The van der Waals surface area contributed by atoms with Crippen LogP contribution in [0.3, 0.4) is 0 Å². The number of amides is 1. The third-order valence-corrected chi connectivity index (χ3v) is 5.43. The van der Waals surface area contributed by atoms with Gasteiger partial charge in [-0.25, -0.2) is 4.98 Å². The minimum absolute atomic E-state index is 0.0588. The van der Waals surface area contributed by atoms with Crippen LogP contribution < -0.4 is 5.32 Å². The second kappa shape index (κ2) is 7.41. The Morgan fingerprint density at radius 1 is 1.22 bits per heavy atom. The van der Waals surface area contributed by atoms with Crippen LogP contribution in [-0.2, 0) is 4.79 Å². The molecule has 3 nitrogen and oxygen atoms in total. The summed E-state index contributed by atoms with van der Waals surface area (Å²) in [5, 5.41) is 5.88. The minimum atomic E-state index is 0.0588. The first-order chi connectivity index (χ1) is 11.2. The molecule has 0 spiro atoms. The first-order valence-electron chi connectivity index (χ1n) is 7.96. The van der Waals surface area contributed by atoms with E-state index in [2.05, 4.69) is 51.4 Å². The topological polar surface area (TPSA) is 42.0 Å². The van der Waals surface area contributed by atoms with Gasteiger partial charge in [0.25, 0.3) is 0 Å². The van der Waals surface area contributed by atoms with Gasteiger partial charge in [0.1, 0.15) is 0 Å². The molecule has 0 radical (unpaired) electrons.